The first-order valence-corrected chi connectivity index (χ1v) is 23.1. The highest BCUT2D eigenvalue weighted by molar-refractivity contribution is 6.14. The molecule has 0 bridgehead atoms. The van der Waals surface area contributed by atoms with Crippen molar-refractivity contribution in [1.29, 1.82) is 5.26 Å². The van der Waals surface area contributed by atoms with Gasteiger partial charge < -0.3 is 18.3 Å². The molecule has 0 N–H and O–H groups in total. The van der Waals surface area contributed by atoms with Crippen LogP contribution >= 0.6 is 0 Å². The highest BCUT2D eigenvalue weighted by Gasteiger charge is 2.34. The molecule has 0 unspecified atom stereocenters. The average molecular weight is 908 g/mol. The maximum absolute atomic E-state index is 15.1. The number of nitriles is 1. The average Bonchev–Trinajstić information content (AvgIpc) is 4.13. The predicted molar refractivity (Wildman–Crippen MR) is 279 cm³/mol. The molecule has 14 aromatic rings. The standard InChI is InChI=1S/C62H36F3N5/c63-62(64,65)51-22-8-1-15-41(51)50-36-61(70-57-28-14-7-21-47(57)49-32-30-40(35-59(49)70)68-54-25-11-4-18-44(54)45-19-5-12-26-55(45)68)60(33-38(50)37-66)69-56-27-13-6-20-46(56)48-31-29-39(34-58(48)69)67-52-23-9-2-16-42(52)43-17-3-10-24-53(43)67/h1-36H. The number of nitrogens with zero attached hydrogens (tertiary/aromatic N) is 5. The van der Waals surface area contributed by atoms with Gasteiger partial charge in [-0.2, -0.15) is 18.4 Å². The van der Waals surface area contributed by atoms with Crippen LogP contribution in [0.5, 0.6) is 0 Å². The maximum Gasteiger partial charge on any atom is 0.417 e. The Kier molecular flexibility index (Phi) is 8.44. The second-order valence-corrected chi connectivity index (χ2v) is 17.9. The van der Waals surface area contributed by atoms with E-state index in [1.807, 2.05) is 24.3 Å². The van der Waals surface area contributed by atoms with Crippen molar-refractivity contribution in [3.05, 3.63) is 230 Å². The quantitative estimate of drug-likeness (QED) is 0.170. The molecule has 0 aliphatic heterocycles. The van der Waals surface area contributed by atoms with E-state index >= 15 is 13.2 Å². The lowest BCUT2D eigenvalue weighted by molar-refractivity contribution is -0.137. The zero-order valence-corrected chi connectivity index (χ0v) is 37.2. The van der Waals surface area contributed by atoms with Crippen molar-refractivity contribution < 1.29 is 13.2 Å². The van der Waals surface area contributed by atoms with Crippen molar-refractivity contribution in [2.24, 2.45) is 0 Å². The summed E-state index contributed by atoms with van der Waals surface area (Å²) in [5.74, 6) is 0. The number of halogens is 3. The monoisotopic (exact) mass is 907 g/mol. The van der Waals surface area contributed by atoms with Crippen molar-refractivity contribution in [1.82, 2.24) is 18.3 Å². The molecular formula is C62H36F3N5. The maximum atomic E-state index is 15.1. The lowest BCUT2D eigenvalue weighted by Gasteiger charge is -2.21. The number of rotatable bonds is 5. The molecule has 0 amide bonds. The molecule has 5 nitrogen and oxygen atoms in total. The molecule has 0 saturated heterocycles. The Bertz CT molecular complexity index is 4450. The van der Waals surface area contributed by atoms with Crippen LogP contribution in [0.4, 0.5) is 13.2 Å². The molecule has 4 aromatic heterocycles. The summed E-state index contributed by atoms with van der Waals surface area (Å²) in [6.07, 6.45) is -4.68. The second kappa shape index (κ2) is 14.8. The fourth-order valence-electron chi connectivity index (χ4n) is 11.3. The van der Waals surface area contributed by atoms with Gasteiger partial charge in [-0.15, -0.1) is 0 Å². The summed E-state index contributed by atoms with van der Waals surface area (Å²) < 4.78 is 54.1. The third-order valence-electron chi connectivity index (χ3n) is 14.2. The first kappa shape index (κ1) is 39.8. The molecule has 4 heterocycles. The van der Waals surface area contributed by atoms with Gasteiger partial charge in [0.25, 0.3) is 0 Å². The van der Waals surface area contributed by atoms with E-state index in [2.05, 4.69) is 182 Å². The molecule has 0 aliphatic carbocycles. The van der Waals surface area contributed by atoms with Crippen molar-refractivity contribution in [3.8, 4) is 39.9 Å². The molecule has 10 aromatic carbocycles. The number of hydrogen-bond acceptors (Lipinski definition) is 1. The van der Waals surface area contributed by atoms with Crippen molar-refractivity contribution in [3.63, 3.8) is 0 Å². The minimum Gasteiger partial charge on any atom is -0.309 e. The number of alkyl halides is 3. The van der Waals surface area contributed by atoms with Crippen LogP contribution in [-0.2, 0) is 6.18 Å². The van der Waals surface area contributed by atoms with E-state index in [1.54, 1.807) is 18.2 Å². The van der Waals surface area contributed by atoms with Crippen molar-refractivity contribution in [2.45, 2.75) is 6.18 Å². The molecule has 0 aliphatic rings. The summed E-state index contributed by atoms with van der Waals surface area (Å²) in [5.41, 5.74) is 10.3. The van der Waals surface area contributed by atoms with E-state index in [1.165, 1.54) is 12.1 Å². The molecule has 0 fully saturated rings. The Labute approximate surface area is 397 Å². The van der Waals surface area contributed by atoms with Crippen LogP contribution < -0.4 is 0 Å². The van der Waals surface area contributed by atoms with Gasteiger partial charge >= 0.3 is 6.18 Å². The number of fused-ring (bicyclic) bond motifs is 12. The smallest absolute Gasteiger partial charge is 0.309 e. The number of benzene rings is 10. The van der Waals surface area contributed by atoms with Gasteiger partial charge in [-0.05, 0) is 84.4 Å². The number of aromatic nitrogens is 4. The third-order valence-corrected chi connectivity index (χ3v) is 14.2. The molecule has 0 spiro atoms. The zero-order chi connectivity index (χ0) is 46.8. The topological polar surface area (TPSA) is 43.5 Å². The highest BCUT2D eigenvalue weighted by atomic mass is 19.4. The Hall–Kier alpha value is -9.32. The molecule has 70 heavy (non-hydrogen) atoms. The van der Waals surface area contributed by atoms with Gasteiger partial charge in [0, 0.05) is 60.0 Å². The number of para-hydroxylation sites is 6. The van der Waals surface area contributed by atoms with Gasteiger partial charge in [0.2, 0.25) is 0 Å². The molecule has 0 saturated carbocycles. The summed E-state index contributed by atoms with van der Waals surface area (Å²) in [4.78, 5) is 0. The molecular weight excluding hydrogens is 872 g/mol. The molecule has 0 atom stereocenters. The zero-order valence-electron chi connectivity index (χ0n) is 37.2. The van der Waals surface area contributed by atoms with Gasteiger partial charge in [0.15, 0.2) is 0 Å². The lowest BCUT2D eigenvalue weighted by Crippen LogP contribution is -2.09. The van der Waals surface area contributed by atoms with Crippen LogP contribution in [0.2, 0.25) is 0 Å². The molecule has 330 valence electrons. The Morgan fingerprint density at radius 1 is 0.314 bits per heavy atom. The lowest BCUT2D eigenvalue weighted by atomic mass is 9.94. The van der Waals surface area contributed by atoms with Crippen LogP contribution in [0.15, 0.2) is 218 Å². The molecule has 0 radical (unpaired) electrons. The van der Waals surface area contributed by atoms with Crippen LogP contribution in [0.25, 0.3) is 121 Å². The second-order valence-electron chi connectivity index (χ2n) is 17.9. The van der Waals surface area contributed by atoms with Crippen LogP contribution in [0.1, 0.15) is 11.1 Å². The SMILES string of the molecule is N#Cc1cc(-n2c3ccccc3c3ccc(-n4c5ccccc5c5ccccc54)cc32)c(-n2c3ccccc3c3ccc(-n4c5ccccc5c5ccccc54)cc32)cc1-c1ccccc1C(F)(F)F. The van der Waals surface area contributed by atoms with Crippen molar-refractivity contribution in [2.75, 3.05) is 0 Å². The Balaban J connectivity index is 1.13. The van der Waals surface area contributed by atoms with Gasteiger partial charge in [0.1, 0.15) is 0 Å². The van der Waals surface area contributed by atoms with E-state index in [9.17, 15) is 5.26 Å². The first-order valence-electron chi connectivity index (χ1n) is 23.1. The third kappa shape index (κ3) is 5.66. The largest absolute Gasteiger partial charge is 0.417 e. The van der Waals surface area contributed by atoms with Crippen LogP contribution in [0.3, 0.4) is 0 Å². The van der Waals surface area contributed by atoms with Gasteiger partial charge in [-0.3, -0.25) is 0 Å². The van der Waals surface area contributed by atoms with Crippen molar-refractivity contribution >= 4 is 87.2 Å². The van der Waals surface area contributed by atoms with Gasteiger partial charge in [-0.25, -0.2) is 0 Å². The van der Waals surface area contributed by atoms with E-state index < -0.39 is 11.7 Å². The van der Waals surface area contributed by atoms with Gasteiger partial charge in [-0.1, -0.05) is 140 Å². The van der Waals surface area contributed by atoms with E-state index in [4.69, 9.17) is 0 Å². The Morgan fingerprint density at radius 2 is 0.643 bits per heavy atom. The first-order chi connectivity index (χ1) is 34.4. The summed E-state index contributed by atoms with van der Waals surface area (Å²) in [6, 6.07) is 74.4. The summed E-state index contributed by atoms with van der Waals surface area (Å²) >= 11 is 0. The fraction of sp³-hybridized carbons (Fsp3) is 0.0161. The predicted octanol–water partition coefficient (Wildman–Crippen LogP) is 16.6. The van der Waals surface area contributed by atoms with Gasteiger partial charge in [0.05, 0.1) is 72.7 Å². The molecule has 14 rings (SSSR count). The Morgan fingerprint density at radius 3 is 1.03 bits per heavy atom. The summed E-state index contributed by atoms with van der Waals surface area (Å²) in [5, 5.41) is 19.6. The highest BCUT2D eigenvalue weighted by Crippen LogP contribution is 2.45. The minimum absolute atomic E-state index is 0.0676. The normalized spacial score (nSPS) is 12.2. The van der Waals surface area contributed by atoms with Crippen LogP contribution in [0, 0.1) is 11.3 Å². The molecule has 8 heteroatoms. The minimum atomic E-state index is -4.68. The van der Waals surface area contributed by atoms with Crippen LogP contribution in [-0.4, -0.2) is 18.3 Å². The van der Waals surface area contributed by atoms with E-state index in [-0.39, 0.29) is 16.7 Å². The fourth-order valence-corrected chi connectivity index (χ4v) is 11.3. The summed E-state index contributed by atoms with van der Waals surface area (Å²) in [7, 11) is 0. The summed E-state index contributed by atoms with van der Waals surface area (Å²) in [6.45, 7) is 0. The number of hydrogen-bond donors (Lipinski definition) is 0. The van der Waals surface area contributed by atoms with E-state index in [0.717, 1.165) is 105 Å². The van der Waals surface area contributed by atoms with E-state index in [0.29, 0.717) is 11.4 Å².